The lowest BCUT2D eigenvalue weighted by Gasteiger charge is -2.44. The lowest BCUT2D eigenvalue weighted by Crippen LogP contribution is -2.60. The minimum absolute atomic E-state index is 0.130. The SMILES string of the molecule is CC(C)S(=O)(=O)c1ccc(CC(=O)N2CC(N3CCCC3)C2)cc1. The summed E-state index contributed by atoms with van der Waals surface area (Å²) in [6, 6.07) is 7.27. The molecular weight excluding hydrogens is 324 g/mol. The zero-order valence-corrected chi connectivity index (χ0v) is 15.3. The smallest absolute Gasteiger partial charge is 0.227 e. The van der Waals surface area contributed by atoms with Crippen LogP contribution >= 0.6 is 0 Å². The van der Waals surface area contributed by atoms with E-state index in [1.165, 1.54) is 25.9 Å². The van der Waals surface area contributed by atoms with Gasteiger partial charge in [0, 0.05) is 19.1 Å². The first-order valence-corrected chi connectivity index (χ1v) is 10.3. The third kappa shape index (κ3) is 3.49. The van der Waals surface area contributed by atoms with Crippen molar-refractivity contribution in [1.29, 1.82) is 0 Å². The Bertz CT molecular complexity index is 685. The number of rotatable bonds is 5. The summed E-state index contributed by atoms with van der Waals surface area (Å²) in [6.07, 6.45) is 2.89. The first kappa shape index (κ1) is 17.4. The number of carbonyl (C=O) groups excluding carboxylic acids is 1. The maximum absolute atomic E-state index is 12.3. The topological polar surface area (TPSA) is 57.7 Å². The van der Waals surface area contributed by atoms with Gasteiger partial charge in [-0.1, -0.05) is 12.1 Å². The molecule has 6 heteroatoms. The van der Waals surface area contributed by atoms with Crippen molar-refractivity contribution >= 4 is 15.7 Å². The summed E-state index contributed by atoms with van der Waals surface area (Å²) in [5.41, 5.74) is 0.868. The quantitative estimate of drug-likeness (QED) is 0.811. The highest BCUT2D eigenvalue weighted by Gasteiger charge is 2.35. The summed E-state index contributed by atoms with van der Waals surface area (Å²) in [4.78, 5) is 17.0. The first-order valence-electron chi connectivity index (χ1n) is 8.72. The molecule has 2 aliphatic heterocycles. The Morgan fingerprint density at radius 2 is 1.71 bits per heavy atom. The highest BCUT2D eigenvalue weighted by Crippen LogP contribution is 2.21. The van der Waals surface area contributed by atoms with Crippen LogP contribution < -0.4 is 0 Å². The Labute approximate surface area is 144 Å². The average molecular weight is 350 g/mol. The van der Waals surface area contributed by atoms with Crippen LogP contribution in [0.1, 0.15) is 32.3 Å². The molecule has 0 atom stereocenters. The minimum Gasteiger partial charge on any atom is -0.339 e. The number of sulfone groups is 1. The average Bonchev–Trinajstić information content (AvgIpc) is 3.00. The van der Waals surface area contributed by atoms with Gasteiger partial charge in [0.15, 0.2) is 9.84 Å². The van der Waals surface area contributed by atoms with Crippen LogP contribution in [0, 0.1) is 0 Å². The van der Waals surface area contributed by atoms with E-state index in [9.17, 15) is 13.2 Å². The third-order valence-corrected chi connectivity index (χ3v) is 7.27. The van der Waals surface area contributed by atoms with E-state index in [0.29, 0.717) is 17.4 Å². The van der Waals surface area contributed by atoms with Gasteiger partial charge in [-0.05, 0) is 57.5 Å². The van der Waals surface area contributed by atoms with Crippen molar-refractivity contribution in [1.82, 2.24) is 9.80 Å². The van der Waals surface area contributed by atoms with Crippen LogP contribution in [0.15, 0.2) is 29.2 Å². The van der Waals surface area contributed by atoms with Crippen LogP contribution in [0.3, 0.4) is 0 Å². The van der Waals surface area contributed by atoms with E-state index in [1.807, 2.05) is 4.90 Å². The summed E-state index contributed by atoms with van der Waals surface area (Å²) in [7, 11) is -3.25. The molecular formula is C18H26N2O3S. The normalized spacial score (nSPS) is 19.7. The van der Waals surface area contributed by atoms with Crippen LogP contribution in [0.25, 0.3) is 0 Å². The number of carbonyl (C=O) groups is 1. The van der Waals surface area contributed by atoms with Gasteiger partial charge in [-0.25, -0.2) is 8.42 Å². The van der Waals surface area contributed by atoms with E-state index in [0.717, 1.165) is 18.7 Å². The van der Waals surface area contributed by atoms with Crippen molar-refractivity contribution in [3.63, 3.8) is 0 Å². The standard InChI is InChI=1S/C18H26N2O3S/c1-14(2)24(22,23)17-7-5-15(6-8-17)11-18(21)20-12-16(13-20)19-9-3-4-10-19/h5-8,14,16H,3-4,9-13H2,1-2H3. The number of amides is 1. The summed E-state index contributed by atoms with van der Waals surface area (Å²) >= 11 is 0. The highest BCUT2D eigenvalue weighted by molar-refractivity contribution is 7.92. The van der Waals surface area contributed by atoms with Crippen molar-refractivity contribution in [2.24, 2.45) is 0 Å². The molecule has 5 nitrogen and oxygen atoms in total. The molecule has 132 valence electrons. The maximum Gasteiger partial charge on any atom is 0.227 e. The number of likely N-dealkylation sites (tertiary alicyclic amines) is 2. The number of benzene rings is 1. The molecule has 2 saturated heterocycles. The van der Waals surface area contributed by atoms with Crippen molar-refractivity contribution in [3.05, 3.63) is 29.8 Å². The van der Waals surface area contributed by atoms with Gasteiger partial charge < -0.3 is 4.90 Å². The van der Waals surface area contributed by atoms with Gasteiger partial charge in [-0.15, -0.1) is 0 Å². The van der Waals surface area contributed by atoms with Crippen LogP contribution in [-0.4, -0.2) is 61.6 Å². The van der Waals surface area contributed by atoms with Gasteiger partial charge >= 0.3 is 0 Å². The van der Waals surface area contributed by atoms with Crippen LogP contribution in [0.4, 0.5) is 0 Å². The minimum atomic E-state index is -3.25. The third-order valence-electron chi connectivity index (χ3n) is 5.10. The molecule has 24 heavy (non-hydrogen) atoms. The van der Waals surface area contributed by atoms with E-state index in [-0.39, 0.29) is 5.91 Å². The Morgan fingerprint density at radius 1 is 1.12 bits per heavy atom. The molecule has 0 N–H and O–H groups in total. The summed E-state index contributed by atoms with van der Waals surface area (Å²) in [5, 5.41) is -0.436. The van der Waals surface area contributed by atoms with Gasteiger partial charge in [0.1, 0.15) is 0 Å². The van der Waals surface area contributed by atoms with E-state index in [1.54, 1.807) is 38.1 Å². The fourth-order valence-corrected chi connectivity index (χ4v) is 4.41. The molecule has 0 aromatic heterocycles. The van der Waals surface area contributed by atoms with Gasteiger partial charge in [-0.2, -0.15) is 0 Å². The summed E-state index contributed by atoms with van der Waals surface area (Å²) in [6.45, 7) is 7.34. The van der Waals surface area contributed by atoms with Crippen molar-refractivity contribution in [3.8, 4) is 0 Å². The van der Waals surface area contributed by atoms with E-state index < -0.39 is 15.1 Å². The second-order valence-corrected chi connectivity index (χ2v) is 9.61. The molecule has 0 spiro atoms. The molecule has 3 rings (SSSR count). The molecule has 0 bridgehead atoms. The van der Waals surface area contributed by atoms with Crippen molar-refractivity contribution in [2.45, 2.75) is 49.3 Å². The molecule has 2 fully saturated rings. The van der Waals surface area contributed by atoms with Crippen LogP contribution in [-0.2, 0) is 21.1 Å². The van der Waals surface area contributed by atoms with Crippen molar-refractivity contribution < 1.29 is 13.2 Å². The predicted molar refractivity (Wildman–Crippen MR) is 93.6 cm³/mol. The summed E-state index contributed by atoms with van der Waals surface area (Å²) < 4.78 is 24.2. The maximum atomic E-state index is 12.3. The Morgan fingerprint density at radius 3 is 2.25 bits per heavy atom. The largest absolute Gasteiger partial charge is 0.339 e. The molecule has 0 radical (unpaired) electrons. The molecule has 0 saturated carbocycles. The zero-order chi connectivity index (χ0) is 17.3. The molecule has 1 amide bonds. The lowest BCUT2D eigenvalue weighted by molar-refractivity contribution is -0.137. The van der Waals surface area contributed by atoms with E-state index in [2.05, 4.69) is 4.90 Å². The number of nitrogens with zero attached hydrogens (tertiary/aromatic N) is 2. The molecule has 0 unspecified atom stereocenters. The molecule has 1 aromatic carbocycles. The predicted octanol–water partition coefficient (Wildman–Crippen LogP) is 1.72. The molecule has 2 heterocycles. The Hall–Kier alpha value is -1.40. The van der Waals surface area contributed by atoms with Crippen LogP contribution in [0.2, 0.25) is 0 Å². The van der Waals surface area contributed by atoms with Gasteiger partial charge in [0.2, 0.25) is 5.91 Å². The lowest BCUT2D eigenvalue weighted by atomic mass is 10.0. The Kier molecular flexibility index (Phi) is 4.97. The zero-order valence-electron chi connectivity index (χ0n) is 14.4. The number of hydrogen-bond donors (Lipinski definition) is 0. The monoisotopic (exact) mass is 350 g/mol. The van der Waals surface area contributed by atoms with Gasteiger partial charge in [-0.3, -0.25) is 9.69 Å². The van der Waals surface area contributed by atoms with E-state index >= 15 is 0 Å². The fraction of sp³-hybridized carbons (Fsp3) is 0.611. The summed E-state index contributed by atoms with van der Waals surface area (Å²) in [5.74, 6) is 0.130. The number of hydrogen-bond acceptors (Lipinski definition) is 4. The van der Waals surface area contributed by atoms with Crippen LogP contribution in [0.5, 0.6) is 0 Å². The highest BCUT2D eigenvalue weighted by atomic mass is 32.2. The van der Waals surface area contributed by atoms with Gasteiger partial charge in [0.05, 0.1) is 16.6 Å². The van der Waals surface area contributed by atoms with E-state index in [4.69, 9.17) is 0 Å². The molecule has 2 aliphatic rings. The second kappa shape index (κ2) is 6.84. The van der Waals surface area contributed by atoms with Gasteiger partial charge in [0.25, 0.3) is 0 Å². The fourth-order valence-electron chi connectivity index (χ4n) is 3.35. The first-order chi connectivity index (χ1) is 11.4. The molecule has 1 aromatic rings. The Balaban J connectivity index is 1.54. The molecule has 0 aliphatic carbocycles. The van der Waals surface area contributed by atoms with Crippen molar-refractivity contribution in [2.75, 3.05) is 26.2 Å². The second-order valence-electron chi connectivity index (χ2n) is 7.11.